The summed E-state index contributed by atoms with van der Waals surface area (Å²) in [6.07, 6.45) is 0.482. The molecule has 11 heteroatoms. The summed E-state index contributed by atoms with van der Waals surface area (Å²) in [5, 5.41) is 16.0. The molecule has 0 bridgehead atoms. The highest BCUT2D eigenvalue weighted by Crippen LogP contribution is 2.30. The van der Waals surface area contributed by atoms with E-state index in [0.29, 0.717) is 39.8 Å². The Morgan fingerprint density at radius 3 is 2.84 bits per heavy atom. The number of anilines is 1. The van der Waals surface area contributed by atoms with Crippen molar-refractivity contribution in [2.75, 3.05) is 12.4 Å². The number of ether oxygens (including phenoxy) is 1. The molecular formula is C21H18ClN5O3S2. The molecule has 2 heterocycles. The first kappa shape index (κ1) is 22.3. The van der Waals surface area contributed by atoms with Crippen molar-refractivity contribution in [3.05, 3.63) is 65.0 Å². The molecule has 4 aromatic rings. The second kappa shape index (κ2) is 10.6. The zero-order valence-electron chi connectivity index (χ0n) is 16.9. The monoisotopic (exact) mass is 487 g/mol. The van der Waals surface area contributed by atoms with Crippen LogP contribution < -0.4 is 10.1 Å². The summed E-state index contributed by atoms with van der Waals surface area (Å²) in [6, 6.07) is 15.0. The predicted molar refractivity (Wildman–Crippen MR) is 124 cm³/mol. The average Bonchev–Trinajstić information content (AvgIpc) is 3.47. The summed E-state index contributed by atoms with van der Waals surface area (Å²) in [5.41, 5.74) is 1.75. The largest absolute Gasteiger partial charge is 0.496 e. The van der Waals surface area contributed by atoms with Gasteiger partial charge in [-0.15, -0.1) is 10.2 Å². The van der Waals surface area contributed by atoms with E-state index in [0.717, 1.165) is 15.5 Å². The fraction of sp³-hybridized carbons (Fsp3) is 0.190. The zero-order valence-corrected chi connectivity index (χ0v) is 19.3. The summed E-state index contributed by atoms with van der Waals surface area (Å²) in [5.74, 6) is 1.91. The van der Waals surface area contributed by atoms with Crippen LogP contribution in [-0.4, -0.2) is 33.4 Å². The number of nitrogens with one attached hydrogen (secondary N) is 1. The van der Waals surface area contributed by atoms with Gasteiger partial charge in [0, 0.05) is 23.6 Å². The van der Waals surface area contributed by atoms with E-state index in [1.807, 2.05) is 48.5 Å². The number of aryl methyl sites for hydroxylation is 1. The Morgan fingerprint density at radius 2 is 2.00 bits per heavy atom. The molecule has 0 radical (unpaired) electrons. The number of hydrogen-bond acceptors (Lipinski definition) is 9. The molecule has 2 aromatic heterocycles. The van der Waals surface area contributed by atoms with Gasteiger partial charge in [0.15, 0.2) is 4.34 Å². The van der Waals surface area contributed by atoms with Crippen molar-refractivity contribution in [1.82, 2.24) is 20.3 Å². The quantitative estimate of drug-likeness (QED) is 0.256. The lowest BCUT2D eigenvalue weighted by molar-refractivity contribution is -0.116. The third kappa shape index (κ3) is 5.64. The number of benzene rings is 2. The topological polar surface area (TPSA) is 103 Å². The number of para-hydroxylation sites is 1. The third-order valence-corrected chi connectivity index (χ3v) is 6.73. The Labute approximate surface area is 197 Å². The molecule has 2 aromatic carbocycles. The molecule has 0 atom stereocenters. The van der Waals surface area contributed by atoms with E-state index in [-0.39, 0.29) is 12.3 Å². The molecule has 0 saturated heterocycles. The van der Waals surface area contributed by atoms with Gasteiger partial charge in [-0.05, 0) is 23.8 Å². The lowest BCUT2D eigenvalue weighted by Crippen LogP contribution is -2.12. The fourth-order valence-corrected chi connectivity index (χ4v) is 4.82. The van der Waals surface area contributed by atoms with E-state index < -0.39 is 0 Å². The van der Waals surface area contributed by atoms with Gasteiger partial charge in [-0.2, -0.15) is 4.98 Å². The first-order chi connectivity index (χ1) is 15.6. The predicted octanol–water partition coefficient (Wildman–Crippen LogP) is 5.11. The van der Waals surface area contributed by atoms with Crippen molar-refractivity contribution in [3.8, 4) is 17.1 Å². The van der Waals surface area contributed by atoms with Crippen LogP contribution in [0.1, 0.15) is 17.9 Å². The minimum absolute atomic E-state index is 0.176. The normalized spacial score (nSPS) is 10.8. The van der Waals surface area contributed by atoms with Crippen LogP contribution in [0.15, 0.2) is 57.4 Å². The van der Waals surface area contributed by atoms with Gasteiger partial charge in [0.25, 0.3) is 0 Å². The van der Waals surface area contributed by atoms with E-state index in [9.17, 15) is 4.79 Å². The molecular weight excluding hydrogens is 470 g/mol. The maximum atomic E-state index is 12.3. The first-order valence-electron chi connectivity index (χ1n) is 9.58. The van der Waals surface area contributed by atoms with Gasteiger partial charge in [-0.25, -0.2) is 0 Å². The number of methoxy groups -OCH3 is 1. The number of carbonyl (C=O) groups is 1. The van der Waals surface area contributed by atoms with Gasteiger partial charge in [0.1, 0.15) is 5.75 Å². The molecule has 0 aliphatic rings. The Bertz CT molecular complexity index is 1210. The van der Waals surface area contributed by atoms with Gasteiger partial charge >= 0.3 is 0 Å². The molecule has 0 saturated carbocycles. The highest BCUT2D eigenvalue weighted by Gasteiger charge is 2.15. The highest BCUT2D eigenvalue weighted by atomic mass is 35.5. The van der Waals surface area contributed by atoms with Gasteiger partial charge in [0.2, 0.25) is 22.8 Å². The van der Waals surface area contributed by atoms with Crippen molar-refractivity contribution >= 4 is 45.7 Å². The van der Waals surface area contributed by atoms with Crippen LogP contribution in [0.25, 0.3) is 11.4 Å². The maximum absolute atomic E-state index is 12.3. The summed E-state index contributed by atoms with van der Waals surface area (Å²) < 4.78 is 11.3. The van der Waals surface area contributed by atoms with E-state index in [1.165, 1.54) is 23.1 Å². The molecule has 8 nitrogen and oxygen atoms in total. The minimum atomic E-state index is -0.208. The standard InChI is InChI=1S/C21H18ClN5O3S2/c1-29-16-9-5-3-7-14(16)19-24-18(30-27-19)11-10-17(28)23-20-25-26-21(32-20)31-12-13-6-2-4-8-15(13)22/h2-9H,10-12H2,1H3,(H,23,25,28). The van der Waals surface area contributed by atoms with Crippen molar-refractivity contribution < 1.29 is 14.1 Å². The molecule has 1 amide bonds. The number of hydrogen-bond donors (Lipinski definition) is 1. The van der Waals surface area contributed by atoms with Crippen molar-refractivity contribution in [1.29, 1.82) is 0 Å². The Kier molecular flexibility index (Phi) is 7.35. The minimum Gasteiger partial charge on any atom is -0.496 e. The molecule has 0 fully saturated rings. The smallest absolute Gasteiger partial charge is 0.227 e. The second-order valence-electron chi connectivity index (χ2n) is 6.51. The Morgan fingerprint density at radius 1 is 1.19 bits per heavy atom. The highest BCUT2D eigenvalue weighted by molar-refractivity contribution is 8.00. The number of rotatable bonds is 9. The molecule has 164 valence electrons. The van der Waals surface area contributed by atoms with E-state index >= 15 is 0 Å². The average molecular weight is 488 g/mol. The lowest BCUT2D eigenvalue weighted by Gasteiger charge is -2.03. The summed E-state index contributed by atoms with van der Waals surface area (Å²) in [7, 11) is 1.58. The number of aromatic nitrogens is 4. The SMILES string of the molecule is COc1ccccc1-c1noc(CCC(=O)Nc2nnc(SCc3ccccc3Cl)s2)n1. The third-order valence-electron chi connectivity index (χ3n) is 4.34. The van der Waals surface area contributed by atoms with Crippen LogP contribution in [0.3, 0.4) is 0 Å². The molecule has 32 heavy (non-hydrogen) atoms. The number of amides is 1. The van der Waals surface area contributed by atoms with Crippen molar-refractivity contribution in [2.24, 2.45) is 0 Å². The zero-order chi connectivity index (χ0) is 22.3. The van der Waals surface area contributed by atoms with Crippen LogP contribution in [0.4, 0.5) is 5.13 Å². The van der Waals surface area contributed by atoms with E-state index in [2.05, 4.69) is 25.7 Å². The molecule has 0 aliphatic heterocycles. The van der Waals surface area contributed by atoms with Crippen LogP contribution in [0.5, 0.6) is 5.75 Å². The second-order valence-corrected chi connectivity index (χ2v) is 9.12. The Hall–Kier alpha value is -2.95. The van der Waals surface area contributed by atoms with E-state index in [1.54, 1.807) is 7.11 Å². The molecule has 4 rings (SSSR count). The Balaban J connectivity index is 1.28. The summed E-state index contributed by atoms with van der Waals surface area (Å²) in [4.78, 5) is 16.6. The number of halogens is 1. The number of nitrogens with zero attached hydrogens (tertiary/aromatic N) is 4. The van der Waals surface area contributed by atoms with Gasteiger partial charge in [0.05, 0.1) is 12.7 Å². The van der Waals surface area contributed by atoms with Crippen LogP contribution >= 0.6 is 34.7 Å². The van der Waals surface area contributed by atoms with Crippen LogP contribution in [0.2, 0.25) is 5.02 Å². The number of thioether (sulfide) groups is 1. The van der Waals surface area contributed by atoms with Crippen molar-refractivity contribution in [2.45, 2.75) is 22.9 Å². The first-order valence-corrected chi connectivity index (χ1v) is 11.8. The maximum Gasteiger partial charge on any atom is 0.227 e. The van der Waals surface area contributed by atoms with Crippen molar-refractivity contribution in [3.63, 3.8) is 0 Å². The van der Waals surface area contributed by atoms with Crippen LogP contribution in [-0.2, 0) is 17.0 Å². The molecule has 1 N–H and O–H groups in total. The fourth-order valence-electron chi connectivity index (χ4n) is 2.77. The molecule has 0 aliphatic carbocycles. The van der Waals surface area contributed by atoms with Gasteiger partial charge in [-0.3, -0.25) is 4.79 Å². The molecule has 0 unspecified atom stereocenters. The van der Waals surface area contributed by atoms with Crippen LogP contribution in [0, 0.1) is 0 Å². The van der Waals surface area contributed by atoms with Gasteiger partial charge in [-0.1, -0.05) is 70.2 Å². The summed E-state index contributed by atoms with van der Waals surface area (Å²) in [6.45, 7) is 0. The van der Waals surface area contributed by atoms with E-state index in [4.69, 9.17) is 20.9 Å². The van der Waals surface area contributed by atoms with Gasteiger partial charge < -0.3 is 14.6 Å². The molecule has 0 spiro atoms. The number of carbonyl (C=O) groups excluding carboxylic acids is 1. The lowest BCUT2D eigenvalue weighted by atomic mass is 10.2. The summed E-state index contributed by atoms with van der Waals surface area (Å²) >= 11 is 9.00.